The zero-order valence-corrected chi connectivity index (χ0v) is 8.88. The van der Waals surface area contributed by atoms with Gasteiger partial charge < -0.3 is 21.7 Å². The van der Waals surface area contributed by atoms with Gasteiger partial charge in [-0.25, -0.2) is 0 Å². The fraction of sp³-hybridized carbons (Fsp3) is 0.667. The summed E-state index contributed by atoms with van der Waals surface area (Å²) in [4.78, 5) is 20.5. The van der Waals surface area contributed by atoms with Crippen molar-refractivity contribution in [1.82, 2.24) is 0 Å². The van der Waals surface area contributed by atoms with Crippen molar-refractivity contribution in [1.29, 1.82) is 0 Å². The van der Waals surface area contributed by atoms with Crippen LogP contribution in [0.2, 0.25) is 0 Å². The van der Waals surface area contributed by atoms with E-state index in [2.05, 4.69) is 0 Å². The second kappa shape index (κ2) is 13.0. The van der Waals surface area contributed by atoms with Crippen LogP contribution in [0.1, 0.15) is 0 Å². The minimum atomic E-state index is -1.07. The van der Waals surface area contributed by atoms with E-state index in [9.17, 15) is 9.59 Å². The molecule has 2 atom stereocenters. The molecule has 0 aromatic heterocycles. The van der Waals surface area contributed by atoms with E-state index in [-0.39, 0.29) is 70.6 Å². The van der Waals surface area contributed by atoms with E-state index < -0.39 is 24.0 Å². The first-order valence-electron chi connectivity index (χ1n) is 3.66. The minimum absolute atomic E-state index is 0. The Bertz CT molecular complexity index is 201. The van der Waals surface area contributed by atoms with E-state index in [1.165, 1.54) is 21.6 Å². The van der Waals surface area contributed by atoms with Crippen molar-refractivity contribution in [3.63, 3.8) is 0 Å². The van der Waals surface area contributed by atoms with Crippen LogP contribution in [0.4, 0.5) is 0 Å². The molecule has 0 fully saturated rings. The SMILES string of the molecule is N[C@@H](CSSC[C@H](N)C(=O)O)C(=O)O.[NaH].[NaH]. The van der Waals surface area contributed by atoms with Crippen molar-refractivity contribution < 1.29 is 19.8 Å². The Labute approximate surface area is 146 Å². The number of carboxylic acid groups (broad SMARTS) is 2. The molecule has 0 saturated carbocycles. The molecule has 10 heteroatoms. The van der Waals surface area contributed by atoms with Crippen molar-refractivity contribution in [3.8, 4) is 0 Å². The Morgan fingerprint density at radius 2 is 1.19 bits per heavy atom. The second-order valence-corrected chi connectivity index (χ2v) is 5.01. The number of carbonyl (C=O) groups is 2. The molecule has 0 aromatic rings. The monoisotopic (exact) mass is 288 g/mol. The van der Waals surface area contributed by atoms with Crippen molar-refractivity contribution in [2.45, 2.75) is 12.1 Å². The summed E-state index contributed by atoms with van der Waals surface area (Å²) in [6.45, 7) is 0. The predicted octanol–water partition coefficient (Wildman–Crippen LogP) is -2.11. The van der Waals surface area contributed by atoms with Gasteiger partial charge >= 0.3 is 71.1 Å². The van der Waals surface area contributed by atoms with Crippen molar-refractivity contribution in [2.24, 2.45) is 11.5 Å². The Morgan fingerprint density at radius 3 is 1.38 bits per heavy atom. The summed E-state index contributed by atoms with van der Waals surface area (Å²) in [5.74, 6) is -1.68. The Balaban J connectivity index is -0.000000845. The standard InChI is InChI=1S/C6H12N2O4S2.2Na.2H/c7-3(5(9)10)1-13-14-2-4(8)6(11)12;;;;/h3-4H,1-2,7-8H2,(H,9,10)(H,11,12);;;;/t3-,4-;;;;/m0..../s1. The zero-order valence-electron chi connectivity index (χ0n) is 7.25. The van der Waals surface area contributed by atoms with Crippen LogP contribution < -0.4 is 11.5 Å². The molecule has 0 bridgehead atoms. The van der Waals surface area contributed by atoms with E-state index in [4.69, 9.17) is 21.7 Å². The Morgan fingerprint density at radius 1 is 0.938 bits per heavy atom. The molecule has 0 aliphatic carbocycles. The van der Waals surface area contributed by atoms with Gasteiger partial charge in [-0.3, -0.25) is 9.59 Å². The first-order chi connectivity index (χ1) is 6.45. The third-order valence-corrected chi connectivity index (χ3v) is 3.69. The van der Waals surface area contributed by atoms with Crippen LogP contribution >= 0.6 is 21.6 Å². The van der Waals surface area contributed by atoms with E-state index in [0.717, 1.165) is 0 Å². The predicted molar refractivity (Wildman–Crippen MR) is 70.4 cm³/mol. The van der Waals surface area contributed by atoms with Gasteiger partial charge in [0.15, 0.2) is 0 Å². The molecule has 0 radical (unpaired) electrons. The van der Waals surface area contributed by atoms with Gasteiger partial charge in [0.25, 0.3) is 0 Å². The zero-order chi connectivity index (χ0) is 11.1. The first-order valence-corrected chi connectivity index (χ1v) is 6.15. The summed E-state index contributed by atoms with van der Waals surface area (Å²) in [5, 5.41) is 16.8. The number of hydrogen-bond donors (Lipinski definition) is 4. The topological polar surface area (TPSA) is 127 Å². The van der Waals surface area contributed by atoms with Crippen LogP contribution in [0, 0.1) is 0 Å². The Hall–Kier alpha value is 1.56. The van der Waals surface area contributed by atoms with E-state index >= 15 is 0 Å². The molecule has 16 heavy (non-hydrogen) atoms. The fourth-order valence-electron chi connectivity index (χ4n) is 0.385. The van der Waals surface area contributed by atoms with Crippen molar-refractivity contribution in [2.75, 3.05) is 11.5 Å². The number of carboxylic acids is 2. The van der Waals surface area contributed by atoms with Gasteiger partial charge in [0.2, 0.25) is 0 Å². The van der Waals surface area contributed by atoms with Gasteiger partial charge in [-0.2, -0.15) is 0 Å². The fourth-order valence-corrected chi connectivity index (χ4v) is 2.61. The maximum atomic E-state index is 10.3. The Kier molecular flexibility index (Phi) is 18.5. The molecule has 0 aliphatic heterocycles. The summed E-state index contributed by atoms with van der Waals surface area (Å²) < 4.78 is 0. The molecule has 0 rings (SSSR count). The third kappa shape index (κ3) is 12.0. The van der Waals surface area contributed by atoms with Gasteiger partial charge in [0.05, 0.1) is 0 Å². The average molecular weight is 288 g/mol. The van der Waals surface area contributed by atoms with Gasteiger partial charge in [-0.15, -0.1) is 0 Å². The quantitative estimate of drug-likeness (QED) is 0.238. The molecule has 0 aromatic carbocycles. The molecule has 0 heterocycles. The van der Waals surface area contributed by atoms with Crippen molar-refractivity contribution >= 4 is 92.6 Å². The molecule has 6 nitrogen and oxygen atoms in total. The van der Waals surface area contributed by atoms with Gasteiger partial charge in [0.1, 0.15) is 12.1 Å². The second-order valence-electron chi connectivity index (χ2n) is 2.46. The number of rotatable bonds is 7. The van der Waals surface area contributed by atoms with Crippen LogP contribution in [0.25, 0.3) is 0 Å². The molecular formula is C6H14N2Na2O4S2. The van der Waals surface area contributed by atoms with E-state index in [1.54, 1.807) is 0 Å². The molecule has 0 amide bonds. The molecular weight excluding hydrogens is 274 g/mol. The molecule has 86 valence electrons. The molecule has 6 N–H and O–H groups in total. The first kappa shape index (κ1) is 22.7. The summed E-state index contributed by atoms with van der Waals surface area (Å²) in [6.07, 6.45) is 0. The molecule has 0 saturated heterocycles. The molecule has 0 spiro atoms. The van der Waals surface area contributed by atoms with Crippen LogP contribution in [0.3, 0.4) is 0 Å². The molecule has 0 unspecified atom stereocenters. The van der Waals surface area contributed by atoms with Crippen LogP contribution in [-0.2, 0) is 9.59 Å². The van der Waals surface area contributed by atoms with Crippen LogP contribution in [-0.4, -0.2) is 105 Å². The summed E-state index contributed by atoms with van der Waals surface area (Å²) in [5.41, 5.74) is 10.4. The van der Waals surface area contributed by atoms with Gasteiger partial charge in [0, 0.05) is 11.5 Å². The van der Waals surface area contributed by atoms with Crippen LogP contribution in [0.15, 0.2) is 0 Å². The summed E-state index contributed by atoms with van der Waals surface area (Å²) in [7, 11) is 2.41. The number of aliphatic carboxylic acids is 2. The van der Waals surface area contributed by atoms with Crippen molar-refractivity contribution in [3.05, 3.63) is 0 Å². The van der Waals surface area contributed by atoms with E-state index in [0.29, 0.717) is 0 Å². The molecule has 0 aliphatic rings. The number of hydrogen-bond acceptors (Lipinski definition) is 6. The maximum absolute atomic E-state index is 10.3. The van der Waals surface area contributed by atoms with Gasteiger partial charge in [-0.1, -0.05) is 21.6 Å². The number of nitrogens with two attached hydrogens (primary N) is 2. The van der Waals surface area contributed by atoms with Gasteiger partial charge in [-0.05, 0) is 0 Å². The normalized spacial score (nSPS) is 12.9. The average Bonchev–Trinajstić information content (AvgIpc) is 2.11. The third-order valence-electron chi connectivity index (χ3n) is 1.21. The summed E-state index contributed by atoms with van der Waals surface area (Å²) in [6, 6.07) is -1.85. The summed E-state index contributed by atoms with van der Waals surface area (Å²) >= 11 is 0. The van der Waals surface area contributed by atoms with E-state index in [1.807, 2.05) is 0 Å². The van der Waals surface area contributed by atoms with Crippen LogP contribution in [0.5, 0.6) is 0 Å².